The van der Waals surface area contributed by atoms with Crippen LogP contribution in [0.25, 0.3) is 11.3 Å². The van der Waals surface area contributed by atoms with Gasteiger partial charge >= 0.3 is 0 Å². The van der Waals surface area contributed by atoms with Crippen LogP contribution in [0.3, 0.4) is 0 Å². The SMILES string of the molecule is Cc1cccc2nc(CNC(=O)c3ccc(-n4cncn4)cc3)cn12. The molecule has 0 unspecified atom stereocenters. The van der Waals surface area contributed by atoms with E-state index >= 15 is 0 Å². The number of fused-ring (bicyclic) bond motifs is 1. The van der Waals surface area contributed by atoms with Gasteiger partial charge in [-0.05, 0) is 43.3 Å². The first-order valence-electron chi connectivity index (χ1n) is 7.87. The summed E-state index contributed by atoms with van der Waals surface area (Å²) in [6.07, 6.45) is 5.02. The molecule has 4 rings (SSSR count). The van der Waals surface area contributed by atoms with Crippen LogP contribution in [-0.2, 0) is 6.54 Å². The molecular formula is C18H16N6O. The number of pyridine rings is 1. The van der Waals surface area contributed by atoms with Crippen molar-refractivity contribution in [1.82, 2.24) is 29.5 Å². The number of hydrogen-bond acceptors (Lipinski definition) is 4. The van der Waals surface area contributed by atoms with Gasteiger partial charge in [0.15, 0.2) is 0 Å². The number of rotatable bonds is 4. The number of aryl methyl sites for hydroxylation is 1. The number of benzene rings is 1. The lowest BCUT2D eigenvalue weighted by molar-refractivity contribution is 0.0950. The summed E-state index contributed by atoms with van der Waals surface area (Å²) >= 11 is 0. The Morgan fingerprint density at radius 2 is 2.00 bits per heavy atom. The van der Waals surface area contributed by atoms with Crippen molar-refractivity contribution in [1.29, 1.82) is 0 Å². The summed E-state index contributed by atoms with van der Waals surface area (Å²) in [5, 5.41) is 6.96. The van der Waals surface area contributed by atoms with Crippen LogP contribution in [0.2, 0.25) is 0 Å². The van der Waals surface area contributed by atoms with E-state index in [2.05, 4.69) is 20.4 Å². The van der Waals surface area contributed by atoms with Crippen molar-refractivity contribution in [3.8, 4) is 5.69 Å². The van der Waals surface area contributed by atoms with Gasteiger partial charge in [0, 0.05) is 17.5 Å². The third kappa shape index (κ3) is 2.99. The second-order valence-corrected chi connectivity index (χ2v) is 5.70. The maximum absolute atomic E-state index is 12.3. The van der Waals surface area contributed by atoms with Gasteiger partial charge in [-0.15, -0.1) is 0 Å². The number of carbonyl (C=O) groups excluding carboxylic acids is 1. The minimum atomic E-state index is -0.140. The van der Waals surface area contributed by atoms with Gasteiger partial charge < -0.3 is 9.72 Å². The van der Waals surface area contributed by atoms with Crippen molar-refractivity contribution in [2.75, 3.05) is 0 Å². The summed E-state index contributed by atoms with van der Waals surface area (Å²) in [7, 11) is 0. The fourth-order valence-corrected chi connectivity index (χ4v) is 2.66. The highest BCUT2D eigenvalue weighted by Crippen LogP contribution is 2.10. The first-order chi connectivity index (χ1) is 12.2. The van der Waals surface area contributed by atoms with Gasteiger partial charge in [0.2, 0.25) is 0 Å². The fourth-order valence-electron chi connectivity index (χ4n) is 2.66. The molecule has 1 N–H and O–H groups in total. The quantitative estimate of drug-likeness (QED) is 0.621. The van der Waals surface area contributed by atoms with E-state index in [4.69, 9.17) is 0 Å². The van der Waals surface area contributed by atoms with Gasteiger partial charge in [-0.1, -0.05) is 6.07 Å². The maximum atomic E-state index is 12.3. The van der Waals surface area contributed by atoms with Gasteiger partial charge in [-0.2, -0.15) is 5.10 Å². The maximum Gasteiger partial charge on any atom is 0.251 e. The van der Waals surface area contributed by atoms with Gasteiger partial charge in [-0.25, -0.2) is 14.6 Å². The van der Waals surface area contributed by atoms with Crippen LogP contribution in [0, 0.1) is 6.92 Å². The Kier molecular flexibility index (Phi) is 3.74. The van der Waals surface area contributed by atoms with E-state index in [1.54, 1.807) is 23.1 Å². The van der Waals surface area contributed by atoms with E-state index in [1.807, 2.05) is 47.9 Å². The molecule has 0 aliphatic rings. The zero-order valence-corrected chi connectivity index (χ0v) is 13.6. The zero-order chi connectivity index (χ0) is 17.2. The van der Waals surface area contributed by atoms with Crippen molar-refractivity contribution in [2.45, 2.75) is 13.5 Å². The predicted molar refractivity (Wildman–Crippen MR) is 92.5 cm³/mol. The molecule has 0 aliphatic heterocycles. The van der Waals surface area contributed by atoms with E-state index < -0.39 is 0 Å². The van der Waals surface area contributed by atoms with Crippen molar-refractivity contribution in [3.63, 3.8) is 0 Å². The van der Waals surface area contributed by atoms with Crippen molar-refractivity contribution in [2.24, 2.45) is 0 Å². The van der Waals surface area contributed by atoms with Crippen LogP contribution in [-0.4, -0.2) is 30.1 Å². The number of hydrogen-bond donors (Lipinski definition) is 1. The molecular weight excluding hydrogens is 316 g/mol. The standard InChI is InChI=1S/C18H16N6O/c1-13-3-2-4-17-22-15(10-23(13)17)9-20-18(25)14-5-7-16(8-6-14)24-12-19-11-21-24/h2-8,10-12H,9H2,1H3,(H,20,25). The third-order valence-electron chi connectivity index (χ3n) is 3.99. The molecule has 0 atom stereocenters. The van der Waals surface area contributed by atoms with Crippen LogP contribution >= 0.6 is 0 Å². The molecule has 0 aliphatic carbocycles. The molecule has 4 aromatic rings. The highest BCUT2D eigenvalue weighted by atomic mass is 16.1. The molecule has 124 valence electrons. The largest absolute Gasteiger partial charge is 0.346 e. The molecule has 25 heavy (non-hydrogen) atoms. The molecule has 3 aromatic heterocycles. The Hall–Kier alpha value is -3.48. The zero-order valence-electron chi connectivity index (χ0n) is 13.6. The second kappa shape index (κ2) is 6.20. The lowest BCUT2D eigenvalue weighted by atomic mass is 10.2. The summed E-state index contributed by atoms with van der Waals surface area (Å²) in [6, 6.07) is 13.1. The molecule has 0 saturated heterocycles. The molecule has 7 nitrogen and oxygen atoms in total. The van der Waals surface area contributed by atoms with Crippen LogP contribution < -0.4 is 5.32 Å². The van der Waals surface area contributed by atoms with Crippen molar-refractivity contribution in [3.05, 3.63) is 78.3 Å². The Balaban J connectivity index is 1.45. The monoisotopic (exact) mass is 332 g/mol. The number of imidazole rings is 1. The number of nitrogens with zero attached hydrogens (tertiary/aromatic N) is 5. The van der Waals surface area contributed by atoms with Gasteiger partial charge in [0.05, 0.1) is 17.9 Å². The number of carbonyl (C=O) groups is 1. The Bertz CT molecular complexity index is 1020. The van der Waals surface area contributed by atoms with E-state index in [0.29, 0.717) is 12.1 Å². The summed E-state index contributed by atoms with van der Waals surface area (Å²) in [6.45, 7) is 2.40. The summed E-state index contributed by atoms with van der Waals surface area (Å²) in [5.74, 6) is -0.140. The Morgan fingerprint density at radius 1 is 1.16 bits per heavy atom. The first-order valence-corrected chi connectivity index (χ1v) is 7.87. The molecule has 1 amide bonds. The van der Waals surface area contributed by atoms with E-state index in [-0.39, 0.29) is 5.91 Å². The van der Waals surface area contributed by atoms with E-state index in [0.717, 1.165) is 22.7 Å². The average Bonchev–Trinajstić information content (AvgIpc) is 3.30. The minimum Gasteiger partial charge on any atom is -0.346 e. The summed E-state index contributed by atoms with van der Waals surface area (Å²) in [5.41, 5.74) is 4.24. The smallest absolute Gasteiger partial charge is 0.251 e. The normalized spacial score (nSPS) is 10.9. The van der Waals surface area contributed by atoms with Gasteiger partial charge in [0.1, 0.15) is 18.3 Å². The van der Waals surface area contributed by atoms with Gasteiger partial charge in [-0.3, -0.25) is 4.79 Å². The third-order valence-corrected chi connectivity index (χ3v) is 3.99. The van der Waals surface area contributed by atoms with E-state index in [9.17, 15) is 4.79 Å². The molecule has 0 radical (unpaired) electrons. The molecule has 0 spiro atoms. The lowest BCUT2D eigenvalue weighted by Gasteiger charge is -2.05. The van der Waals surface area contributed by atoms with Crippen LogP contribution in [0.5, 0.6) is 0 Å². The number of amides is 1. The molecule has 3 heterocycles. The van der Waals surface area contributed by atoms with Crippen LogP contribution in [0.1, 0.15) is 21.7 Å². The molecule has 0 fully saturated rings. The lowest BCUT2D eigenvalue weighted by Crippen LogP contribution is -2.22. The number of nitrogens with one attached hydrogen (secondary N) is 1. The predicted octanol–water partition coefficient (Wildman–Crippen LogP) is 2.15. The first kappa shape index (κ1) is 15.1. The van der Waals surface area contributed by atoms with Gasteiger partial charge in [0.25, 0.3) is 5.91 Å². The molecule has 7 heteroatoms. The van der Waals surface area contributed by atoms with Crippen molar-refractivity contribution < 1.29 is 4.79 Å². The average molecular weight is 332 g/mol. The number of aromatic nitrogens is 5. The molecule has 1 aromatic carbocycles. The van der Waals surface area contributed by atoms with Crippen molar-refractivity contribution >= 4 is 11.6 Å². The summed E-state index contributed by atoms with van der Waals surface area (Å²) in [4.78, 5) is 20.7. The second-order valence-electron chi connectivity index (χ2n) is 5.70. The molecule has 0 saturated carbocycles. The molecule has 0 bridgehead atoms. The minimum absolute atomic E-state index is 0.140. The summed E-state index contributed by atoms with van der Waals surface area (Å²) < 4.78 is 3.65. The highest BCUT2D eigenvalue weighted by molar-refractivity contribution is 5.94. The van der Waals surface area contributed by atoms with E-state index in [1.165, 1.54) is 6.33 Å². The Morgan fingerprint density at radius 3 is 2.72 bits per heavy atom. The fraction of sp³-hybridized carbons (Fsp3) is 0.111. The van der Waals surface area contributed by atoms with Crippen LogP contribution in [0.4, 0.5) is 0 Å². The Labute approximate surface area is 144 Å². The topological polar surface area (TPSA) is 77.1 Å². The van der Waals surface area contributed by atoms with Crippen LogP contribution in [0.15, 0.2) is 61.3 Å². The highest BCUT2D eigenvalue weighted by Gasteiger charge is 2.08.